The number of piperazine rings is 1. The Bertz CT molecular complexity index is 1340. The van der Waals surface area contributed by atoms with Crippen molar-refractivity contribution in [2.45, 2.75) is 42.6 Å². The number of halogens is 7. The molecule has 0 spiro atoms. The number of fused-ring (bicyclic) bond motifs is 1. The lowest BCUT2D eigenvalue weighted by Crippen LogP contribution is -2.54. The highest BCUT2D eigenvalue weighted by Crippen LogP contribution is 2.51. The number of aliphatic hydroxyl groups is 1. The molecule has 2 heterocycles. The fraction of sp³-hybridized carbons (Fsp3) is 0.444. The highest BCUT2D eigenvalue weighted by atomic mass is 32.2. The third-order valence-electron chi connectivity index (χ3n) is 6.74. The average Bonchev–Trinajstić information content (AvgIpc) is 2.92. The first-order chi connectivity index (χ1) is 19.4. The molecule has 4 rings (SSSR count). The molecule has 0 unspecified atom stereocenters. The first-order valence-corrected chi connectivity index (χ1v) is 13.9. The zero-order valence-electron chi connectivity index (χ0n) is 22.7. The molecule has 1 fully saturated rings. The zero-order valence-corrected chi connectivity index (χ0v) is 23.5. The summed E-state index contributed by atoms with van der Waals surface area (Å²) in [5.74, 6) is -0.482. The lowest BCUT2D eigenvalue weighted by atomic mass is 9.89. The van der Waals surface area contributed by atoms with Crippen molar-refractivity contribution in [1.29, 1.82) is 0 Å². The maximum atomic E-state index is 13.1. The number of nitrogens with zero attached hydrogens (tertiary/aromatic N) is 3. The van der Waals surface area contributed by atoms with E-state index in [4.69, 9.17) is 0 Å². The van der Waals surface area contributed by atoms with E-state index in [1.54, 1.807) is 6.92 Å². The molecule has 0 aliphatic carbocycles. The molecule has 232 valence electrons. The number of benzene rings is 2. The Morgan fingerprint density at radius 3 is 1.88 bits per heavy atom. The minimum absolute atomic E-state index is 0.00437. The van der Waals surface area contributed by atoms with Gasteiger partial charge in [-0.3, -0.25) is 9.10 Å². The molecule has 7 nitrogen and oxygen atoms in total. The van der Waals surface area contributed by atoms with Crippen LogP contribution >= 0.6 is 0 Å². The Hall–Kier alpha value is -3.35. The van der Waals surface area contributed by atoms with E-state index in [0.717, 1.165) is 60.8 Å². The second kappa shape index (κ2) is 13.3. The fourth-order valence-corrected chi connectivity index (χ4v) is 5.92. The molecule has 2 aromatic rings. The first kappa shape index (κ1) is 34.8. The molecule has 0 saturated carbocycles. The predicted octanol–water partition coefficient (Wildman–Crippen LogP) is 4.31. The summed E-state index contributed by atoms with van der Waals surface area (Å²) in [6.07, 6.45) is -3.97. The number of anilines is 1. The summed E-state index contributed by atoms with van der Waals surface area (Å²) in [5.41, 5.74) is -6.77. The number of amides is 1. The maximum absolute atomic E-state index is 13.1. The SMILES string of the molecule is C#C.CC(=O)N1CCN(C)CC1.O=S(=O)(c1ccc(F)cc1)N1CCCc2cc(C(O)(C(F)(F)F)C(F)(F)F)ccc21. The molecule has 0 bridgehead atoms. The van der Waals surface area contributed by atoms with Crippen LogP contribution in [0, 0.1) is 18.7 Å². The van der Waals surface area contributed by atoms with E-state index in [1.807, 2.05) is 4.90 Å². The van der Waals surface area contributed by atoms with Gasteiger partial charge >= 0.3 is 12.4 Å². The summed E-state index contributed by atoms with van der Waals surface area (Å²) in [4.78, 5) is 14.6. The van der Waals surface area contributed by atoms with Gasteiger partial charge in [-0.25, -0.2) is 12.8 Å². The van der Waals surface area contributed by atoms with E-state index >= 15 is 0 Å². The Kier molecular flexibility index (Phi) is 11.0. The van der Waals surface area contributed by atoms with Crippen LogP contribution < -0.4 is 4.31 Å². The molecular formula is C27H30F7N3O4S. The molecule has 0 radical (unpaired) electrons. The minimum atomic E-state index is -6.05. The van der Waals surface area contributed by atoms with E-state index in [9.17, 15) is 49.1 Å². The molecule has 0 atom stereocenters. The van der Waals surface area contributed by atoms with Gasteiger partial charge in [-0.2, -0.15) is 26.3 Å². The van der Waals surface area contributed by atoms with Gasteiger partial charge in [-0.15, -0.1) is 12.8 Å². The van der Waals surface area contributed by atoms with Crippen molar-refractivity contribution in [3.63, 3.8) is 0 Å². The second-order valence-corrected chi connectivity index (χ2v) is 11.4. The third kappa shape index (κ3) is 7.34. The number of aryl methyl sites for hydroxylation is 1. The van der Waals surface area contributed by atoms with Crippen LogP contribution in [0.15, 0.2) is 47.4 Å². The molecule has 1 N–H and O–H groups in total. The lowest BCUT2D eigenvalue weighted by molar-refractivity contribution is -0.376. The van der Waals surface area contributed by atoms with Crippen molar-refractivity contribution < 1.29 is 49.1 Å². The number of hydrogen-bond donors (Lipinski definition) is 1. The number of alkyl halides is 6. The van der Waals surface area contributed by atoms with E-state index < -0.39 is 39.4 Å². The van der Waals surface area contributed by atoms with Gasteiger partial charge in [-0.05, 0) is 55.8 Å². The fourth-order valence-electron chi connectivity index (χ4n) is 4.38. The summed E-state index contributed by atoms with van der Waals surface area (Å²) in [6.45, 7) is 5.37. The number of carbonyl (C=O) groups excluding carboxylic acids is 1. The van der Waals surface area contributed by atoms with Crippen LogP contribution in [0.25, 0.3) is 0 Å². The van der Waals surface area contributed by atoms with Crippen molar-refractivity contribution in [3.8, 4) is 12.8 Å². The van der Waals surface area contributed by atoms with Crippen LogP contribution in [-0.2, 0) is 26.8 Å². The van der Waals surface area contributed by atoms with Gasteiger partial charge < -0.3 is 14.9 Å². The second-order valence-electron chi connectivity index (χ2n) is 9.49. The molecule has 2 aliphatic rings. The largest absolute Gasteiger partial charge is 0.430 e. The number of terminal acetylenes is 1. The Morgan fingerprint density at radius 2 is 1.40 bits per heavy atom. The van der Waals surface area contributed by atoms with Gasteiger partial charge in [0.1, 0.15) is 5.82 Å². The van der Waals surface area contributed by atoms with Gasteiger partial charge in [0.2, 0.25) is 5.91 Å². The summed E-state index contributed by atoms with van der Waals surface area (Å²) in [7, 11) is -2.16. The van der Waals surface area contributed by atoms with Crippen molar-refractivity contribution in [2.24, 2.45) is 0 Å². The van der Waals surface area contributed by atoms with Crippen molar-refractivity contribution in [2.75, 3.05) is 44.1 Å². The smallest absolute Gasteiger partial charge is 0.369 e. The van der Waals surface area contributed by atoms with Crippen molar-refractivity contribution in [3.05, 3.63) is 59.4 Å². The first-order valence-electron chi connectivity index (χ1n) is 12.4. The summed E-state index contributed by atoms with van der Waals surface area (Å²) >= 11 is 0. The third-order valence-corrected chi connectivity index (χ3v) is 8.57. The minimum Gasteiger partial charge on any atom is -0.369 e. The zero-order chi connectivity index (χ0) is 32.1. The molecule has 42 heavy (non-hydrogen) atoms. The molecule has 1 saturated heterocycles. The quantitative estimate of drug-likeness (QED) is 0.407. The van der Waals surface area contributed by atoms with Crippen LogP contribution in [0.2, 0.25) is 0 Å². The monoisotopic (exact) mass is 625 g/mol. The van der Waals surface area contributed by atoms with Crippen LogP contribution in [0.1, 0.15) is 24.5 Å². The molecule has 1 amide bonds. The van der Waals surface area contributed by atoms with Crippen molar-refractivity contribution >= 4 is 21.6 Å². The topological polar surface area (TPSA) is 81.2 Å². The number of carbonyl (C=O) groups is 1. The highest BCUT2D eigenvalue weighted by molar-refractivity contribution is 7.92. The maximum Gasteiger partial charge on any atom is 0.430 e. The van der Waals surface area contributed by atoms with E-state index in [-0.39, 0.29) is 41.4 Å². The number of hydrogen-bond acceptors (Lipinski definition) is 5. The van der Waals surface area contributed by atoms with Crippen LogP contribution in [0.5, 0.6) is 0 Å². The standard InChI is InChI=1S/C18H14F7NO3S.C7H14N2O.C2H2/c19-13-4-6-14(7-5-13)30(28,29)26-9-1-2-11-10-12(3-8-15(11)26)16(27,17(20,21)22)18(23,24)25;1-7(10)9-5-3-8(2)4-6-9;1-2/h3-8,10,27H,1-2,9H2;3-6H2,1-2H3;1-2H. The molecule has 0 aromatic heterocycles. The normalized spacial score (nSPS) is 16.4. The number of sulfonamides is 1. The van der Waals surface area contributed by atoms with Gasteiger partial charge in [-0.1, -0.05) is 12.1 Å². The Labute approximate surface area is 239 Å². The van der Waals surface area contributed by atoms with E-state index in [2.05, 4.69) is 24.8 Å². The lowest BCUT2D eigenvalue weighted by Gasteiger charge is -2.35. The number of likely N-dealkylation sites (N-methyl/N-ethyl adjacent to an activating group) is 1. The summed E-state index contributed by atoms with van der Waals surface area (Å²) < 4.78 is 118. The molecule has 2 aliphatic heterocycles. The molecule has 2 aromatic carbocycles. The van der Waals surface area contributed by atoms with Gasteiger partial charge in [0, 0.05) is 45.2 Å². The highest BCUT2D eigenvalue weighted by Gasteiger charge is 2.71. The Morgan fingerprint density at radius 1 is 0.881 bits per heavy atom. The van der Waals surface area contributed by atoms with Crippen molar-refractivity contribution in [1.82, 2.24) is 9.80 Å². The molecule has 15 heteroatoms. The van der Waals surface area contributed by atoms with E-state index in [1.165, 1.54) is 0 Å². The van der Waals surface area contributed by atoms with Gasteiger partial charge in [0.25, 0.3) is 15.6 Å². The van der Waals surface area contributed by atoms with E-state index in [0.29, 0.717) is 12.1 Å². The summed E-state index contributed by atoms with van der Waals surface area (Å²) in [6, 6.07) is 5.54. The van der Waals surface area contributed by atoms with Gasteiger partial charge in [0.05, 0.1) is 10.6 Å². The van der Waals surface area contributed by atoms with Crippen LogP contribution in [-0.4, -0.2) is 81.4 Å². The number of rotatable bonds is 3. The molecular weight excluding hydrogens is 595 g/mol. The predicted molar refractivity (Wildman–Crippen MR) is 141 cm³/mol. The Balaban J connectivity index is 0.000000431. The van der Waals surface area contributed by atoms with Gasteiger partial charge in [0.15, 0.2) is 0 Å². The van der Waals surface area contributed by atoms with Crippen LogP contribution in [0.3, 0.4) is 0 Å². The van der Waals surface area contributed by atoms with Crippen LogP contribution in [0.4, 0.5) is 36.4 Å². The average molecular weight is 626 g/mol. The summed E-state index contributed by atoms with van der Waals surface area (Å²) in [5, 5.41) is 9.57.